The molecular weight excluding hydrogens is 741 g/mol. The molecule has 0 amide bonds. The summed E-state index contributed by atoms with van der Waals surface area (Å²) in [6, 6.07) is 56.5. The number of aromatic nitrogens is 2. The van der Waals surface area contributed by atoms with Gasteiger partial charge < -0.3 is 4.74 Å². The summed E-state index contributed by atoms with van der Waals surface area (Å²) in [5.41, 5.74) is 5.37. The molecule has 0 unspecified atom stereocenters. The SMILES string of the molecule is NS(=O)(=O)c1cccc(-c2cc3c(cc2OCc2ccccc2)c(-c2cccc(S(N)(=O)=O)c2)nn3C(c2ccccc2)(c2ccccc2)c2ccccc2)c1. The zero-order chi connectivity index (χ0) is 38.9. The van der Waals surface area contributed by atoms with Crippen LogP contribution in [0.15, 0.2) is 192 Å². The average molecular weight is 777 g/mol. The van der Waals surface area contributed by atoms with Crippen LogP contribution in [0.5, 0.6) is 5.75 Å². The Morgan fingerprint density at radius 1 is 0.536 bits per heavy atom. The lowest BCUT2D eigenvalue weighted by molar-refractivity contribution is 0.308. The molecule has 278 valence electrons. The predicted molar refractivity (Wildman–Crippen MR) is 219 cm³/mol. The minimum atomic E-state index is -4.06. The van der Waals surface area contributed by atoms with Gasteiger partial charge in [0, 0.05) is 16.5 Å². The second kappa shape index (κ2) is 14.7. The van der Waals surface area contributed by atoms with Crippen LogP contribution in [-0.4, -0.2) is 26.6 Å². The largest absolute Gasteiger partial charge is 0.488 e. The van der Waals surface area contributed by atoms with Crippen LogP contribution >= 0.6 is 0 Å². The van der Waals surface area contributed by atoms with E-state index in [4.69, 9.17) is 20.1 Å². The van der Waals surface area contributed by atoms with Gasteiger partial charge in [0.1, 0.15) is 23.6 Å². The summed E-state index contributed by atoms with van der Waals surface area (Å²) in [4.78, 5) is -0.111. The van der Waals surface area contributed by atoms with Crippen molar-refractivity contribution in [1.82, 2.24) is 9.78 Å². The first-order valence-corrected chi connectivity index (χ1v) is 20.8. The predicted octanol–water partition coefficient (Wildman–Crippen LogP) is 8.08. The molecule has 4 N–H and O–H groups in total. The summed E-state index contributed by atoms with van der Waals surface area (Å²) in [6.45, 7) is 0.209. The molecule has 1 aromatic heterocycles. The highest BCUT2D eigenvalue weighted by atomic mass is 32.2. The Hall–Kier alpha value is -6.37. The van der Waals surface area contributed by atoms with Crippen molar-refractivity contribution < 1.29 is 21.6 Å². The van der Waals surface area contributed by atoms with Gasteiger partial charge in [0.15, 0.2) is 0 Å². The maximum atomic E-state index is 12.7. The summed E-state index contributed by atoms with van der Waals surface area (Å²) in [5, 5.41) is 17.4. The quantitative estimate of drug-likeness (QED) is 0.127. The summed E-state index contributed by atoms with van der Waals surface area (Å²) < 4.78 is 59.1. The van der Waals surface area contributed by atoms with Crippen molar-refractivity contribution in [2.75, 3.05) is 0 Å². The van der Waals surface area contributed by atoms with Crippen molar-refractivity contribution in [3.8, 4) is 28.1 Å². The topological polar surface area (TPSA) is 147 Å². The van der Waals surface area contributed by atoms with Crippen molar-refractivity contribution in [2.45, 2.75) is 21.9 Å². The van der Waals surface area contributed by atoms with Crippen LogP contribution < -0.4 is 15.0 Å². The van der Waals surface area contributed by atoms with E-state index in [9.17, 15) is 16.8 Å². The van der Waals surface area contributed by atoms with Crippen LogP contribution in [0.4, 0.5) is 0 Å². The van der Waals surface area contributed by atoms with Crippen LogP contribution in [0, 0.1) is 0 Å². The fraction of sp³-hybridized carbons (Fsp3) is 0.0444. The summed E-state index contributed by atoms with van der Waals surface area (Å²) in [6.07, 6.45) is 0. The number of hydrogen-bond acceptors (Lipinski definition) is 6. The van der Waals surface area contributed by atoms with Crippen molar-refractivity contribution in [2.24, 2.45) is 10.3 Å². The standard InChI is InChI=1S/C45H36N4O5S2/c46-55(50,51)38-25-13-17-33(27-38)40-29-42-41(30-43(40)54-31-32-15-5-1-6-16-32)44(34-18-14-26-39(28-34)56(47,52)53)48-49(42)45(35-19-7-2-8-20-35,36-21-9-3-10-22-36)37-23-11-4-12-24-37/h1-30H,31H2,(H2,46,50,51)(H2,47,52,53). The van der Waals surface area contributed by atoms with Crippen LogP contribution in [-0.2, 0) is 32.2 Å². The van der Waals surface area contributed by atoms with Gasteiger partial charge in [-0.15, -0.1) is 0 Å². The van der Waals surface area contributed by atoms with E-state index < -0.39 is 25.6 Å². The minimum absolute atomic E-state index is 0.0506. The van der Waals surface area contributed by atoms with Gasteiger partial charge in [0.05, 0.1) is 15.3 Å². The highest BCUT2D eigenvalue weighted by Crippen LogP contribution is 2.46. The number of primary sulfonamides is 2. The first-order chi connectivity index (χ1) is 27.0. The van der Waals surface area contributed by atoms with Gasteiger partial charge in [-0.3, -0.25) is 0 Å². The number of rotatable bonds is 11. The Labute approximate surface area is 325 Å². The molecule has 9 nitrogen and oxygen atoms in total. The molecule has 0 spiro atoms. The van der Waals surface area contributed by atoms with E-state index in [1.807, 2.05) is 102 Å². The van der Waals surface area contributed by atoms with Crippen LogP contribution in [0.25, 0.3) is 33.3 Å². The van der Waals surface area contributed by atoms with Crippen LogP contribution in [0.3, 0.4) is 0 Å². The molecule has 0 saturated heterocycles. The Morgan fingerprint density at radius 3 is 1.50 bits per heavy atom. The second-order valence-electron chi connectivity index (χ2n) is 13.4. The highest BCUT2D eigenvalue weighted by molar-refractivity contribution is 7.89. The highest BCUT2D eigenvalue weighted by Gasteiger charge is 2.41. The first-order valence-electron chi connectivity index (χ1n) is 17.7. The number of ether oxygens (including phenoxy) is 1. The van der Waals surface area contributed by atoms with Crippen LogP contribution in [0.2, 0.25) is 0 Å². The second-order valence-corrected chi connectivity index (χ2v) is 16.5. The third-order valence-corrected chi connectivity index (χ3v) is 11.6. The number of nitrogens with two attached hydrogens (primary N) is 2. The van der Waals surface area contributed by atoms with Gasteiger partial charge in [-0.1, -0.05) is 146 Å². The lowest BCUT2D eigenvalue weighted by Gasteiger charge is -2.37. The molecule has 0 bridgehead atoms. The monoisotopic (exact) mass is 776 g/mol. The maximum absolute atomic E-state index is 12.7. The van der Waals surface area contributed by atoms with Crippen molar-refractivity contribution >= 4 is 30.9 Å². The molecule has 0 saturated carbocycles. The molecule has 1 heterocycles. The molecule has 0 atom stereocenters. The molecular formula is C45H36N4O5S2. The number of benzene rings is 7. The van der Waals surface area contributed by atoms with Crippen molar-refractivity contribution in [3.63, 3.8) is 0 Å². The summed E-state index contributed by atoms with van der Waals surface area (Å²) >= 11 is 0. The first kappa shape index (κ1) is 36.6. The lowest BCUT2D eigenvalue weighted by atomic mass is 9.77. The lowest BCUT2D eigenvalue weighted by Crippen LogP contribution is -2.38. The van der Waals surface area contributed by atoms with E-state index in [1.54, 1.807) is 24.3 Å². The number of sulfonamides is 2. The van der Waals surface area contributed by atoms with Gasteiger partial charge in [0.25, 0.3) is 0 Å². The van der Waals surface area contributed by atoms with E-state index in [0.717, 1.165) is 22.3 Å². The minimum Gasteiger partial charge on any atom is -0.488 e. The normalized spacial score (nSPS) is 12.1. The molecule has 7 aromatic carbocycles. The Balaban J connectivity index is 1.53. The third kappa shape index (κ3) is 6.89. The molecule has 0 fully saturated rings. The molecule has 11 heteroatoms. The van der Waals surface area contributed by atoms with Crippen molar-refractivity contribution in [1.29, 1.82) is 0 Å². The number of fused-ring (bicyclic) bond motifs is 1. The molecule has 0 radical (unpaired) electrons. The van der Waals surface area contributed by atoms with E-state index in [0.29, 0.717) is 39.0 Å². The fourth-order valence-corrected chi connectivity index (χ4v) is 8.38. The number of nitrogens with zero attached hydrogens (tertiary/aromatic N) is 2. The zero-order valence-corrected chi connectivity index (χ0v) is 31.6. The van der Waals surface area contributed by atoms with Gasteiger partial charge in [-0.2, -0.15) is 5.10 Å². The summed E-state index contributed by atoms with van der Waals surface area (Å²) in [5.74, 6) is 0.445. The van der Waals surface area contributed by atoms with E-state index >= 15 is 0 Å². The van der Waals surface area contributed by atoms with Gasteiger partial charge in [0.2, 0.25) is 20.0 Å². The number of hydrogen-bond donors (Lipinski definition) is 2. The molecule has 56 heavy (non-hydrogen) atoms. The van der Waals surface area contributed by atoms with Gasteiger partial charge in [-0.05, 0) is 64.2 Å². The van der Waals surface area contributed by atoms with E-state index in [-0.39, 0.29) is 16.4 Å². The Bertz CT molecular complexity index is 2810. The van der Waals surface area contributed by atoms with E-state index in [2.05, 4.69) is 36.4 Å². The molecule has 8 aromatic rings. The molecule has 8 rings (SSSR count). The third-order valence-electron chi connectivity index (χ3n) is 9.82. The molecule has 0 aliphatic rings. The Kier molecular flexibility index (Phi) is 9.61. The van der Waals surface area contributed by atoms with Gasteiger partial charge >= 0.3 is 0 Å². The summed E-state index contributed by atoms with van der Waals surface area (Å²) in [7, 11) is -8.11. The van der Waals surface area contributed by atoms with Gasteiger partial charge in [-0.25, -0.2) is 31.8 Å². The van der Waals surface area contributed by atoms with Crippen molar-refractivity contribution in [3.05, 3.63) is 204 Å². The average Bonchev–Trinajstić information content (AvgIpc) is 3.59. The smallest absolute Gasteiger partial charge is 0.238 e. The van der Waals surface area contributed by atoms with Crippen LogP contribution in [0.1, 0.15) is 22.3 Å². The maximum Gasteiger partial charge on any atom is 0.238 e. The molecule has 0 aliphatic carbocycles. The fourth-order valence-electron chi connectivity index (χ4n) is 7.26. The molecule has 0 aliphatic heterocycles. The Morgan fingerprint density at radius 2 is 1.00 bits per heavy atom. The van der Waals surface area contributed by atoms with E-state index in [1.165, 1.54) is 24.3 Å². The zero-order valence-electron chi connectivity index (χ0n) is 29.9.